The minimum absolute atomic E-state index is 0.675. The molecule has 0 aliphatic carbocycles. The van der Waals surface area contributed by atoms with E-state index in [0.29, 0.717) is 5.89 Å². The van der Waals surface area contributed by atoms with Crippen molar-refractivity contribution >= 4 is 0 Å². The Hall–Kier alpha value is -2.35. The molecule has 0 N–H and O–H groups in total. The topological polar surface area (TPSA) is 26.0 Å². The predicted octanol–water partition coefficient (Wildman–Crippen LogP) is 4.63. The summed E-state index contributed by atoms with van der Waals surface area (Å²) in [7, 11) is 0. The average Bonchev–Trinajstić information content (AvgIpc) is 2.83. The minimum atomic E-state index is 0.675. The number of rotatable bonds is 2. The van der Waals surface area contributed by atoms with Crippen LogP contribution in [0.15, 0.2) is 59.0 Å². The Morgan fingerprint density at radius 3 is 2.16 bits per heavy atom. The number of aromatic nitrogens is 1. The second-order valence-corrected chi connectivity index (χ2v) is 4.66. The van der Waals surface area contributed by atoms with E-state index in [2.05, 4.69) is 36.2 Å². The molecule has 2 heteroatoms. The van der Waals surface area contributed by atoms with Crippen LogP contribution >= 0.6 is 0 Å². The molecule has 0 bridgehead atoms. The van der Waals surface area contributed by atoms with Crippen LogP contribution in [-0.4, -0.2) is 4.98 Å². The van der Waals surface area contributed by atoms with E-state index in [4.69, 9.17) is 4.42 Å². The van der Waals surface area contributed by atoms with Gasteiger partial charge in [-0.2, -0.15) is 0 Å². The lowest BCUT2D eigenvalue weighted by atomic mass is 10.1. The molecule has 0 aliphatic heterocycles. The van der Waals surface area contributed by atoms with Gasteiger partial charge >= 0.3 is 0 Å². The zero-order valence-electron chi connectivity index (χ0n) is 11.1. The molecule has 0 amide bonds. The Morgan fingerprint density at radius 2 is 1.47 bits per heavy atom. The molecule has 1 heterocycles. The molecule has 19 heavy (non-hydrogen) atoms. The summed E-state index contributed by atoms with van der Waals surface area (Å²) in [6.07, 6.45) is 0. The molecule has 0 fully saturated rings. The molecule has 0 radical (unpaired) electrons. The van der Waals surface area contributed by atoms with Crippen LogP contribution < -0.4 is 0 Å². The highest BCUT2D eigenvalue weighted by atomic mass is 16.4. The lowest BCUT2D eigenvalue weighted by Gasteiger charge is -1.97. The summed E-state index contributed by atoms with van der Waals surface area (Å²) in [5.41, 5.74) is 4.25. The molecular weight excluding hydrogens is 234 g/mol. The van der Waals surface area contributed by atoms with E-state index in [0.717, 1.165) is 22.6 Å². The van der Waals surface area contributed by atoms with Gasteiger partial charge < -0.3 is 4.42 Å². The van der Waals surface area contributed by atoms with Gasteiger partial charge in [-0.15, -0.1) is 0 Å². The van der Waals surface area contributed by atoms with Crippen LogP contribution in [0.1, 0.15) is 11.3 Å². The Kier molecular flexibility index (Phi) is 2.92. The smallest absolute Gasteiger partial charge is 0.226 e. The second kappa shape index (κ2) is 4.73. The number of benzene rings is 2. The van der Waals surface area contributed by atoms with Crippen molar-refractivity contribution in [3.05, 3.63) is 65.9 Å². The zero-order valence-corrected chi connectivity index (χ0v) is 11.1. The maximum atomic E-state index is 5.77. The first-order valence-electron chi connectivity index (χ1n) is 6.34. The second-order valence-electron chi connectivity index (χ2n) is 4.66. The van der Waals surface area contributed by atoms with E-state index in [1.807, 2.05) is 37.3 Å². The van der Waals surface area contributed by atoms with Gasteiger partial charge in [0, 0.05) is 11.1 Å². The SMILES string of the molecule is Cc1ccc(-c2nc(-c3ccccc3)oc2C)cc1. The first-order valence-corrected chi connectivity index (χ1v) is 6.34. The van der Waals surface area contributed by atoms with Crippen molar-refractivity contribution in [1.82, 2.24) is 4.98 Å². The van der Waals surface area contributed by atoms with Gasteiger partial charge in [-0.1, -0.05) is 48.0 Å². The van der Waals surface area contributed by atoms with Crippen LogP contribution in [-0.2, 0) is 0 Å². The molecule has 0 atom stereocenters. The first kappa shape index (κ1) is 11.7. The Balaban J connectivity index is 2.05. The van der Waals surface area contributed by atoms with Gasteiger partial charge in [0.15, 0.2) is 0 Å². The fourth-order valence-electron chi connectivity index (χ4n) is 2.08. The maximum Gasteiger partial charge on any atom is 0.226 e. The summed E-state index contributed by atoms with van der Waals surface area (Å²) in [6, 6.07) is 18.3. The molecule has 3 rings (SSSR count). The summed E-state index contributed by atoms with van der Waals surface area (Å²) >= 11 is 0. The van der Waals surface area contributed by atoms with E-state index >= 15 is 0 Å². The molecule has 94 valence electrons. The van der Waals surface area contributed by atoms with E-state index < -0.39 is 0 Å². The van der Waals surface area contributed by atoms with Gasteiger partial charge in [0.2, 0.25) is 5.89 Å². The van der Waals surface area contributed by atoms with Crippen molar-refractivity contribution < 1.29 is 4.42 Å². The molecule has 0 unspecified atom stereocenters. The third-order valence-electron chi connectivity index (χ3n) is 3.14. The van der Waals surface area contributed by atoms with E-state index in [9.17, 15) is 0 Å². The van der Waals surface area contributed by atoms with Gasteiger partial charge in [0.05, 0.1) is 0 Å². The lowest BCUT2D eigenvalue weighted by Crippen LogP contribution is -1.81. The van der Waals surface area contributed by atoms with Crippen molar-refractivity contribution in [1.29, 1.82) is 0 Å². The van der Waals surface area contributed by atoms with Crippen LogP contribution in [0.3, 0.4) is 0 Å². The molecule has 3 aromatic rings. The summed E-state index contributed by atoms with van der Waals surface area (Å²) in [5, 5.41) is 0. The van der Waals surface area contributed by atoms with Crippen molar-refractivity contribution in [3.8, 4) is 22.7 Å². The van der Waals surface area contributed by atoms with Crippen molar-refractivity contribution in [2.45, 2.75) is 13.8 Å². The highest BCUT2D eigenvalue weighted by Gasteiger charge is 2.12. The van der Waals surface area contributed by atoms with E-state index in [-0.39, 0.29) is 0 Å². The summed E-state index contributed by atoms with van der Waals surface area (Å²) in [4.78, 5) is 4.61. The molecule has 0 saturated heterocycles. The molecule has 2 aromatic carbocycles. The third-order valence-corrected chi connectivity index (χ3v) is 3.14. The average molecular weight is 249 g/mol. The number of oxazole rings is 1. The summed E-state index contributed by atoms with van der Waals surface area (Å²) in [5.74, 6) is 1.52. The molecular formula is C17H15NO. The largest absolute Gasteiger partial charge is 0.441 e. The molecule has 0 aliphatic rings. The van der Waals surface area contributed by atoms with E-state index in [1.54, 1.807) is 0 Å². The maximum absolute atomic E-state index is 5.77. The first-order chi connectivity index (χ1) is 9.24. The fraction of sp³-hybridized carbons (Fsp3) is 0.118. The summed E-state index contributed by atoms with van der Waals surface area (Å²) in [6.45, 7) is 4.03. The fourth-order valence-corrected chi connectivity index (χ4v) is 2.08. The molecule has 0 spiro atoms. The normalized spacial score (nSPS) is 10.6. The van der Waals surface area contributed by atoms with Crippen molar-refractivity contribution in [3.63, 3.8) is 0 Å². The molecule has 2 nitrogen and oxygen atoms in total. The molecule has 1 aromatic heterocycles. The zero-order chi connectivity index (χ0) is 13.2. The standard InChI is InChI=1S/C17H15NO/c1-12-8-10-14(11-9-12)16-13(2)19-17(18-16)15-6-4-3-5-7-15/h3-11H,1-2H3. The van der Waals surface area contributed by atoms with Crippen LogP contribution in [0.4, 0.5) is 0 Å². The van der Waals surface area contributed by atoms with Crippen LogP contribution in [0.25, 0.3) is 22.7 Å². The predicted molar refractivity (Wildman–Crippen MR) is 76.8 cm³/mol. The number of hydrogen-bond acceptors (Lipinski definition) is 2. The van der Waals surface area contributed by atoms with Gasteiger partial charge in [-0.3, -0.25) is 0 Å². The van der Waals surface area contributed by atoms with E-state index in [1.165, 1.54) is 5.56 Å². The number of hydrogen-bond donors (Lipinski definition) is 0. The quantitative estimate of drug-likeness (QED) is 0.662. The lowest BCUT2D eigenvalue weighted by molar-refractivity contribution is 0.543. The Labute approximate surface area is 112 Å². The third kappa shape index (κ3) is 2.29. The van der Waals surface area contributed by atoms with Crippen molar-refractivity contribution in [2.24, 2.45) is 0 Å². The van der Waals surface area contributed by atoms with Gasteiger partial charge in [0.1, 0.15) is 11.5 Å². The minimum Gasteiger partial charge on any atom is -0.441 e. The van der Waals surface area contributed by atoms with Crippen LogP contribution in [0.2, 0.25) is 0 Å². The van der Waals surface area contributed by atoms with Gasteiger partial charge in [0.25, 0.3) is 0 Å². The highest BCUT2D eigenvalue weighted by Crippen LogP contribution is 2.28. The van der Waals surface area contributed by atoms with Crippen LogP contribution in [0, 0.1) is 13.8 Å². The van der Waals surface area contributed by atoms with Crippen LogP contribution in [0.5, 0.6) is 0 Å². The highest BCUT2D eigenvalue weighted by molar-refractivity contribution is 5.65. The summed E-state index contributed by atoms with van der Waals surface area (Å²) < 4.78 is 5.77. The number of nitrogens with zero attached hydrogens (tertiary/aromatic N) is 1. The molecule has 0 saturated carbocycles. The van der Waals surface area contributed by atoms with Gasteiger partial charge in [-0.25, -0.2) is 4.98 Å². The monoisotopic (exact) mass is 249 g/mol. The van der Waals surface area contributed by atoms with Gasteiger partial charge in [-0.05, 0) is 26.0 Å². The number of aryl methyl sites for hydroxylation is 2. The van der Waals surface area contributed by atoms with Crippen molar-refractivity contribution in [2.75, 3.05) is 0 Å². The Morgan fingerprint density at radius 1 is 0.789 bits per heavy atom. The Bertz CT molecular complexity index is 681.